The summed E-state index contributed by atoms with van der Waals surface area (Å²) in [7, 11) is 0. The Morgan fingerprint density at radius 2 is 2.00 bits per heavy atom. The highest BCUT2D eigenvalue weighted by atomic mass is 127. The molecule has 64 valence electrons. The van der Waals surface area contributed by atoms with Crippen LogP contribution in [0.1, 0.15) is 20.8 Å². The van der Waals surface area contributed by atoms with E-state index in [1.54, 1.807) is 0 Å². The Morgan fingerprint density at radius 1 is 1.55 bits per heavy atom. The second-order valence-electron chi connectivity index (χ2n) is 2.50. The van der Waals surface area contributed by atoms with E-state index >= 15 is 0 Å². The first kappa shape index (κ1) is 11.5. The van der Waals surface area contributed by atoms with E-state index in [1.807, 2.05) is 13.8 Å². The summed E-state index contributed by atoms with van der Waals surface area (Å²) >= 11 is 5.74. The van der Waals surface area contributed by atoms with E-state index in [0.29, 0.717) is 4.83 Å². The maximum absolute atomic E-state index is 5.63. The number of allylic oxidation sites excluding steroid dienone is 4. The van der Waals surface area contributed by atoms with E-state index in [2.05, 4.69) is 51.5 Å². The minimum atomic E-state index is 0.406. The SMILES string of the molecule is C/C(N)=C(C)\C(I)=C/C(C)Br. The minimum Gasteiger partial charge on any atom is -0.402 e. The fourth-order valence-corrected chi connectivity index (χ4v) is 2.24. The number of halogens is 2. The molecular formula is C8H13BrIN. The van der Waals surface area contributed by atoms with Gasteiger partial charge in [-0.25, -0.2) is 0 Å². The predicted octanol–water partition coefficient (Wildman–Crippen LogP) is 3.34. The first-order chi connectivity index (χ1) is 4.95. The largest absolute Gasteiger partial charge is 0.402 e. The molecule has 11 heavy (non-hydrogen) atoms. The Morgan fingerprint density at radius 3 is 2.27 bits per heavy atom. The van der Waals surface area contributed by atoms with Crippen LogP contribution in [0.3, 0.4) is 0 Å². The van der Waals surface area contributed by atoms with Crippen molar-refractivity contribution in [2.24, 2.45) is 5.73 Å². The average Bonchev–Trinajstić information content (AvgIpc) is 1.84. The van der Waals surface area contributed by atoms with Gasteiger partial charge in [0.05, 0.1) is 0 Å². The molecule has 0 aromatic carbocycles. The molecule has 0 aliphatic heterocycles. The smallest absolute Gasteiger partial charge is 0.0310 e. The van der Waals surface area contributed by atoms with Crippen LogP contribution in [0, 0.1) is 0 Å². The van der Waals surface area contributed by atoms with Crippen LogP contribution < -0.4 is 5.73 Å². The molecule has 0 aromatic heterocycles. The van der Waals surface area contributed by atoms with Crippen molar-refractivity contribution < 1.29 is 0 Å². The number of rotatable bonds is 2. The lowest BCUT2D eigenvalue weighted by molar-refractivity contribution is 1.21. The lowest BCUT2D eigenvalue weighted by Crippen LogP contribution is -1.96. The highest BCUT2D eigenvalue weighted by Crippen LogP contribution is 2.20. The molecule has 2 N–H and O–H groups in total. The molecule has 0 spiro atoms. The van der Waals surface area contributed by atoms with Gasteiger partial charge in [-0.05, 0) is 48.9 Å². The third kappa shape index (κ3) is 4.85. The summed E-state index contributed by atoms with van der Waals surface area (Å²) in [6, 6.07) is 0. The summed E-state index contributed by atoms with van der Waals surface area (Å²) in [5.74, 6) is 0. The van der Waals surface area contributed by atoms with Crippen LogP contribution in [0.2, 0.25) is 0 Å². The van der Waals surface area contributed by atoms with Crippen LogP contribution in [0.4, 0.5) is 0 Å². The van der Waals surface area contributed by atoms with Crippen LogP contribution in [-0.4, -0.2) is 4.83 Å². The van der Waals surface area contributed by atoms with Crippen molar-refractivity contribution >= 4 is 38.5 Å². The van der Waals surface area contributed by atoms with Crippen molar-refractivity contribution in [3.63, 3.8) is 0 Å². The monoisotopic (exact) mass is 329 g/mol. The maximum Gasteiger partial charge on any atom is 0.0310 e. The minimum absolute atomic E-state index is 0.406. The van der Waals surface area contributed by atoms with Gasteiger partial charge in [0.15, 0.2) is 0 Å². The van der Waals surface area contributed by atoms with Crippen LogP contribution in [0.5, 0.6) is 0 Å². The first-order valence-corrected chi connectivity index (χ1v) is 5.39. The number of alkyl halides is 1. The van der Waals surface area contributed by atoms with Gasteiger partial charge in [-0.3, -0.25) is 0 Å². The molecule has 1 atom stereocenters. The number of hydrogen-bond donors (Lipinski definition) is 1. The van der Waals surface area contributed by atoms with Gasteiger partial charge in [-0.15, -0.1) is 0 Å². The molecule has 3 heteroatoms. The van der Waals surface area contributed by atoms with E-state index < -0.39 is 0 Å². The Balaban J connectivity index is 4.50. The summed E-state index contributed by atoms with van der Waals surface area (Å²) < 4.78 is 1.21. The van der Waals surface area contributed by atoms with Crippen molar-refractivity contribution in [3.05, 3.63) is 20.9 Å². The van der Waals surface area contributed by atoms with Gasteiger partial charge in [-0.1, -0.05) is 22.0 Å². The molecule has 0 saturated carbocycles. The molecule has 0 fully saturated rings. The molecule has 0 radical (unpaired) electrons. The Bertz CT molecular complexity index is 190. The van der Waals surface area contributed by atoms with E-state index in [4.69, 9.17) is 5.73 Å². The molecule has 0 heterocycles. The lowest BCUT2D eigenvalue weighted by Gasteiger charge is -2.03. The zero-order valence-electron chi connectivity index (χ0n) is 6.99. The van der Waals surface area contributed by atoms with Crippen molar-refractivity contribution in [1.82, 2.24) is 0 Å². The highest BCUT2D eigenvalue weighted by Gasteiger charge is 1.99. The molecule has 0 rings (SSSR count). The Hall–Kier alpha value is 0.490. The van der Waals surface area contributed by atoms with E-state index in [-0.39, 0.29) is 0 Å². The van der Waals surface area contributed by atoms with Gasteiger partial charge >= 0.3 is 0 Å². The molecule has 0 aromatic rings. The molecule has 0 aliphatic rings. The standard InChI is InChI=1S/C8H13BrIN/c1-5(9)4-8(10)6(2)7(3)11/h4-5H,11H2,1-3H3/b7-6+,8-4+. The van der Waals surface area contributed by atoms with Gasteiger partial charge in [0.1, 0.15) is 0 Å². The van der Waals surface area contributed by atoms with Crippen LogP contribution in [0.15, 0.2) is 20.9 Å². The summed E-state index contributed by atoms with van der Waals surface area (Å²) in [6.07, 6.45) is 2.13. The average molecular weight is 330 g/mol. The molecule has 0 aliphatic carbocycles. The Kier molecular flexibility index (Phi) is 5.42. The summed E-state index contributed by atoms with van der Waals surface area (Å²) in [5.41, 5.74) is 7.68. The normalized spacial score (nSPS) is 17.7. The van der Waals surface area contributed by atoms with E-state index in [1.165, 1.54) is 3.58 Å². The second-order valence-corrected chi connectivity index (χ2v) is 5.11. The molecular weight excluding hydrogens is 317 g/mol. The molecule has 1 unspecified atom stereocenters. The van der Waals surface area contributed by atoms with Crippen LogP contribution in [0.25, 0.3) is 0 Å². The maximum atomic E-state index is 5.63. The quantitative estimate of drug-likeness (QED) is 0.469. The van der Waals surface area contributed by atoms with Gasteiger partial charge in [-0.2, -0.15) is 0 Å². The van der Waals surface area contributed by atoms with E-state index in [9.17, 15) is 0 Å². The Labute approximate surface area is 90.4 Å². The molecule has 0 saturated heterocycles. The summed E-state index contributed by atoms with van der Waals surface area (Å²) in [4.78, 5) is 0.406. The molecule has 0 amide bonds. The van der Waals surface area contributed by atoms with Gasteiger partial charge in [0, 0.05) is 14.1 Å². The zero-order chi connectivity index (χ0) is 9.02. The van der Waals surface area contributed by atoms with Crippen molar-refractivity contribution in [1.29, 1.82) is 0 Å². The highest BCUT2D eigenvalue weighted by molar-refractivity contribution is 14.1. The van der Waals surface area contributed by atoms with Crippen molar-refractivity contribution in [3.8, 4) is 0 Å². The van der Waals surface area contributed by atoms with E-state index in [0.717, 1.165) is 11.3 Å². The topological polar surface area (TPSA) is 26.0 Å². The number of nitrogens with two attached hydrogens (primary N) is 1. The van der Waals surface area contributed by atoms with Crippen molar-refractivity contribution in [2.75, 3.05) is 0 Å². The third-order valence-corrected chi connectivity index (χ3v) is 2.76. The van der Waals surface area contributed by atoms with Crippen molar-refractivity contribution in [2.45, 2.75) is 25.6 Å². The second kappa shape index (κ2) is 5.19. The fraction of sp³-hybridized carbons (Fsp3) is 0.500. The van der Waals surface area contributed by atoms with Gasteiger partial charge in [0.2, 0.25) is 0 Å². The van der Waals surface area contributed by atoms with Gasteiger partial charge < -0.3 is 5.73 Å². The predicted molar refractivity (Wildman–Crippen MR) is 63.1 cm³/mol. The van der Waals surface area contributed by atoms with Gasteiger partial charge in [0.25, 0.3) is 0 Å². The molecule has 0 bridgehead atoms. The zero-order valence-corrected chi connectivity index (χ0v) is 10.7. The number of hydrogen-bond acceptors (Lipinski definition) is 1. The molecule has 1 nitrogen and oxygen atoms in total. The summed E-state index contributed by atoms with van der Waals surface area (Å²) in [5, 5.41) is 0. The fourth-order valence-electron chi connectivity index (χ4n) is 0.515. The summed E-state index contributed by atoms with van der Waals surface area (Å²) in [6.45, 7) is 6.03. The third-order valence-electron chi connectivity index (χ3n) is 1.33. The van der Waals surface area contributed by atoms with Crippen LogP contribution >= 0.6 is 38.5 Å². The first-order valence-electron chi connectivity index (χ1n) is 3.40. The van der Waals surface area contributed by atoms with Crippen LogP contribution in [-0.2, 0) is 0 Å². The lowest BCUT2D eigenvalue weighted by atomic mass is 10.2.